The van der Waals surface area contributed by atoms with E-state index >= 15 is 0 Å². The molecule has 0 radical (unpaired) electrons. The number of para-hydroxylation sites is 1. The van der Waals surface area contributed by atoms with E-state index in [9.17, 15) is 0 Å². The molecule has 3 rings (SSSR count). The molecule has 0 fully saturated rings. The number of nitrogen functional groups attached to an aromatic ring is 1. The highest BCUT2D eigenvalue weighted by atomic mass is 32.2. The lowest BCUT2D eigenvalue weighted by molar-refractivity contribution is 1.06. The van der Waals surface area contributed by atoms with Gasteiger partial charge in [0.15, 0.2) is 5.82 Å². The largest absolute Gasteiger partial charge is 0.394 e. The van der Waals surface area contributed by atoms with Crippen LogP contribution < -0.4 is 11.1 Å². The van der Waals surface area contributed by atoms with Gasteiger partial charge in [0.25, 0.3) is 0 Å². The van der Waals surface area contributed by atoms with Crippen molar-refractivity contribution in [2.75, 3.05) is 11.1 Å². The fourth-order valence-electron chi connectivity index (χ4n) is 2.24. The van der Waals surface area contributed by atoms with Gasteiger partial charge in [-0.15, -0.1) is 0 Å². The predicted octanol–water partition coefficient (Wildman–Crippen LogP) is 4.52. The number of nitrogens with two attached hydrogens (primary N) is 1. The number of nitrogens with one attached hydrogen (secondary N) is 1. The van der Waals surface area contributed by atoms with E-state index in [0.29, 0.717) is 11.5 Å². The second kappa shape index (κ2) is 7.15. The predicted molar refractivity (Wildman–Crippen MR) is 96.1 cm³/mol. The number of benzene rings is 2. The van der Waals surface area contributed by atoms with Crippen LogP contribution in [-0.4, -0.2) is 9.97 Å². The maximum atomic E-state index is 6.26. The molecule has 1 heterocycles. The number of nitrogens with zero attached hydrogens (tertiary/aromatic N) is 2. The van der Waals surface area contributed by atoms with Crippen LogP contribution in [0, 0.1) is 0 Å². The Bertz CT molecular complexity index is 790. The third kappa shape index (κ3) is 3.63. The number of hydrogen-bond acceptors (Lipinski definition) is 5. The van der Waals surface area contributed by atoms with Crippen LogP contribution in [0.1, 0.15) is 12.5 Å². The molecule has 0 aliphatic rings. The summed E-state index contributed by atoms with van der Waals surface area (Å²) in [7, 11) is 0. The molecule has 0 saturated heterocycles. The molecule has 4 nitrogen and oxygen atoms in total. The van der Waals surface area contributed by atoms with Crippen molar-refractivity contribution in [3.8, 4) is 0 Å². The second-order valence-electron chi connectivity index (χ2n) is 4.99. The van der Waals surface area contributed by atoms with Gasteiger partial charge in [-0.1, -0.05) is 55.1 Å². The molecule has 0 aliphatic heterocycles. The van der Waals surface area contributed by atoms with E-state index in [1.54, 1.807) is 6.33 Å². The number of hydrogen-bond donors (Lipinski definition) is 2. The van der Waals surface area contributed by atoms with Crippen LogP contribution in [-0.2, 0) is 6.42 Å². The monoisotopic (exact) mass is 322 g/mol. The first kappa shape index (κ1) is 15.4. The van der Waals surface area contributed by atoms with Crippen LogP contribution in [0.5, 0.6) is 0 Å². The average Bonchev–Trinajstić information content (AvgIpc) is 2.60. The number of anilines is 3. The van der Waals surface area contributed by atoms with E-state index in [4.69, 9.17) is 5.73 Å². The van der Waals surface area contributed by atoms with Crippen LogP contribution >= 0.6 is 11.8 Å². The highest BCUT2D eigenvalue weighted by Gasteiger charge is 2.11. The van der Waals surface area contributed by atoms with Crippen molar-refractivity contribution in [3.63, 3.8) is 0 Å². The van der Waals surface area contributed by atoms with Gasteiger partial charge >= 0.3 is 0 Å². The van der Waals surface area contributed by atoms with Gasteiger partial charge in [0.05, 0.1) is 0 Å². The Morgan fingerprint density at radius 2 is 1.74 bits per heavy atom. The molecule has 2 aromatic carbocycles. The first-order valence-electron chi connectivity index (χ1n) is 7.46. The molecule has 0 saturated carbocycles. The summed E-state index contributed by atoms with van der Waals surface area (Å²) in [5.74, 6) is 0.638. The van der Waals surface area contributed by atoms with Crippen LogP contribution in [0.25, 0.3) is 0 Å². The molecular formula is C18H18N4S. The Kier molecular flexibility index (Phi) is 4.78. The lowest BCUT2D eigenvalue weighted by atomic mass is 10.1. The number of aryl methyl sites for hydroxylation is 1. The van der Waals surface area contributed by atoms with Gasteiger partial charge in [-0.05, 0) is 30.2 Å². The van der Waals surface area contributed by atoms with Gasteiger partial charge in [0.1, 0.15) is 17.0 Å². The third-order valence-electron chi connectivity index (χ3n) is 3.46. The van der Waals surface area contributed by atoms with E-state index in [0.717, 1.165) is 22.0 Å². The summed E-state index contributed by atoms with van der Waals surface area (Å²) in [6.45, 7) is 2.13. The summed E-state index contributed by atoms with van der Waals surface area (Å²) >= 11 is 1.53. The van der Waals surface area contributed by atoms with Gasteiger partial charge in [-0.25, -0.2) is 9.97 Å². The highest BCUT2D eigenvalue weighted by molar-refractivity contribution is 7.99. The zero-order valence-corrected chi connectivity index (χ0v) is 13.7. The number of aromatic nitrogens is 2. The first-order chi connectivity index (χ1) is 11.3. The molecule has 116 valence electrons. The summed E-state index contributed by atoms with van der Waals surface area (Å²) in [5, 5.41) is 4.08. The summed E-state index contributed by atoms with van der Waals surface area (Å²) in [6, 6.07) is 18.2. The van der Waals surface area contributed by atoms with E-state index in [1.165, 1.54) is 17.3 Å². The number of rotatable bonds is 5. The van der Waals surface area contributed by atoms with Crippen molar-refractivity contribution in [2.24, 2.45) is 0 Å². The van der Waals surface area contributed by atoms with Crippen molar-refractivity contribution in [2.45, 2.75) is 23.3 Å². The smallest absolute Gasteiger partial charge is 0.158 e. The lowest BCUT2D eigenvalue weighted by Gasteiger charge is -2.13. The van der Waals surface area contributed by atoms with Gasteiger partial charge in [-0.3, -0.25) is 0 Å². The standard InChI is InChI=1S/C18H18N4S/c1-2-13-8-6-7-11-15(13)22-17-16(19)18(21-12-20-17)23-14-9-4-3-5-10-14/h3-12H,2,19H2,1H3,(H,20,21,22). The minimum absolute atomic E-state index is 0.562. The SMILES string of the molecule is CCc1ccccc1Nc1ncnc(Sc2ccccc2)c1N. The Morgan fingerprint density at radius 3 is 2.52 bits per heavy atom. The van der Waals surface area contributed by atoms with E-state index in [1.807, 2.05) is 48.5 Å². The minimum Gasteiger partial charge on any atom is -0.394 e. The quantitative estimate of drug-likeness (QED) is 0.676. The molecule has 3 N–H and O–H groups in total. The molecule has 0 unspecified atom stereocenters. The molecule has 23 heavy (non-hydrogen) atoms. The van der Waals surface area contributed by atoms with Crippen molar-refractivity contribution in [1.29, 1.82) is 0 Å². The second-order valence-corrected chi connectivity index (χ2v) is 6.05. The lowest BCUT2D eigenvalue weighted by Crippen LogP contribution is -2.03. The Labute approximate surface area is 140 Å². The van der Waals surface area contributed by atoms with E-state index < -0.39 is 0 Å². The topological polar surface area (TPSA) is 63.8 Å². The molecule has 1 aromatic heterocycles. The van der Waals surface area contributed by atoms with Gasteiger partial charge < -0.3 is 11.1 Å². The highest BCUT2D eigenvalue weighted by Crippen LogP contribution is 2.34. The van der Waals surface area contributed by atoms with Crippen molar-refractivity contribution in [1.82, 2.24) is 9.97 Å². The fourth-order valence-corrected chi connectivity index (χ4v) is 3.06. The van der Waals surface area contributed by atoms with Crippen molar-refractivity contribution in [3.05, 3.63) is 66.5 Å². The minimum atomic E-state index is 0.562. The van der Waals surface area contributed by atoms with Crippen LogP contribution in [0.3, 0.4) is 0 Å². The maximum Gasteiger partial charge on any atom is 0.158 e. The zero-order chi connectivity index (χ0) is 16.1. The van der Waals surface area contributed by atoms with E-state index in [2.05, 4.69) is 28.3 Å². The molecule has 3 aromatic rings. The summed E-state index contributed by atoms with van der Waals surface area (Å²) in [6.07, 6.45) is 2.48. The molecule has 0 aliphatic carbocycles. The Morgan fingerprint density at radius 1 is 1.00 bits per heavy atom. The van der Waals surface area contributed by atoms with E-state index in [-0.39, 0.29) is 0 Å². The maximum absolute atomic E-state index is 6.26. The Balaban J connectivity index is 1.88. The molecule has 0 spiro atoms. The summed E-state index contributed by atoms with van der Waals surface area (Å²) in [5.41, 5.74) is 9.07. The summed E-state index contributed by atoms with van der Waals surface area (Å²) in [4.78, 5) is 9.69. The average molecular weight is 322 g/mol. The molecular weight excluding hydrogens is 304 g/mol. The molecule has 5 heteroatoms. The molecule has 0 amide bonds. The molecule has 0 atom stereocenters. The fraction of sp³-hybridized carbons (Fsp3) is 0.111. The zero-order valence-electron chi connectivity index (χ0n) is 12.9. The first-order valence-corrected chi connectivity index (χ1v) is 8.28. The van der Waals surface area contributed by atoms with Crippen LogP contribution in [0.2, 0.25) is 0 Å². The Hall–Kier alpha value is -2.53. The van der Waals surface area contributed by atoms with Crippen LogP contribution in [0.15, 0.2) is 70.8 Å². The third-order valence-corrected chi connectivity index (χ3v) is 4.48. The van der Waals surface area contributed by atoms with Gasteiger partial charge in [-0.2, -0.15) is 0 Å². The van der Waals surface area contributed by atoms with Crippen LogP contribution in [0.4, 0.5) is 17.2 Å². The van der Waals surface area contributed by atoms with Crippen molar-refractivity contribution < 1.29 is 0 Å². The normalized spacial score (nSPS) is 10.5. The van der Waals surface area contributed by atoms with Gasteiger partial charge in [0, 0.05) is 10.6 Å². The van der Waals surface area contributed by atoms with Gasteiger partial charge in [0.2, 0.25) is 0 Å². The van der Waals surface area contributed by atoms with Crippen molar-refractivity contribution >= 4 is 29.0 Å². The molecule has 0 bridgehead atoms. The summed E-state index contributed by atoms with van der Waals surface area (Å²) < 4.78 is 0.